The number of fused-ring (bicyclic) bond motifs is 1. The second-order valence-electron chi connectivity index (χ2n) is 4.87. The van der Waals surface area contributed by atoms with Crippen LogP contribution in [0.2, 0.25) is 0 Å². The monoisotopic (exact) mass is 289 g/mol. The maximum atomic E-state index is 13.2. The number of benzene rings is 1. The summed E-state index contributed by atoms with van der Waals surface area (Å²) in [4.78, 5) is 5.61. The summed E-state index contributed by atoms with van der Waals surface area (Å²) in [6, 6.07) is 5.08. The first kappa shape index (κ1) is 13.3. The summed E-state index contributed by atoms with van der Waals surface area (Å²) in [6.07, 6.45) is 4.85. The molecule has 0 bridgehead atoms. The van der Waals surface area contributed by atoms with Gasteiger partial charge in [0.25, 0.3) is 0 Å². The van der Waals surface area contributed by atoms with Gasteiger partial charge in [-0.1, -0.05) is 6.07 Å². The van der Waals surface area contributed by atoms with Crippen molar-refractivity contribution in [3.63, 3.8) is 0 Å². The molecule has 0 radical (unpaired) electrons. The van der Waals surface area contributed by atoms with Crippen LogP contribution >= 0.6 is 11.3 Å². The van der Waals surface area contributed by atoms with Gasteiger partial charge in [0, 0.05) is 30.2 Å². The second kappa shape index (κ2) is 5.34. The minimum absolute atomic E-state index is 0.139. The van der Waals surface area contributed by atoms with E-state index < -0.39 is 0 Å². The highest BCUT2D eigenvalue weighted by atomic mass is 32.1. The number of halogens is 1. The summed E-state index contributed by atoms with van der Waals surface area (Å²) in [7, 11) is 1.92. The van der Waals surface area contributed by atoms with E-state index in [0.29, 0.717) is 0 Å². The van der Waals surface area contributed by atoms with Gasteiger partial charge in [-0.25, -0.2) is 9.37 Å². The molecular weight excluding hydrogens is 273 g/mol. The van der Waals surface area contributed by atoms with Gasteiger partial charge in [0.2, 0.25) is 0 Å². The van der Waals surface area contributed by atoms with E-state index in [9.17, 15) is 4.39 Å². The maximum Gasteiger partial charge on any atom is 0.193 e. The molecule has 1 N–H and O–H groups in total. The van der Waals surface area contributed by atoms with E-state index in [4.69, 9.17) is 0 Å². The molecule has 3 aromatic rings. The molecule has 0 spiro atoms. The maximum absolute atomic E-state index is 13.2. The largest absolute Gasteiger partial charge is 0.313 e. The molecular formula is C15H16FN3S. The number of hydrogen-bond donors (Lipinski definition) is 1. The molecule has 0 fully saturated rings. The van der Waals surface area contributed by atoms with E-state index in [1.54, 1.807) is 17.4 Å². The third-order valence-electron chi connectivity index (χ3n) is 3.51. The molecule has 0 aliphatic heterocycles. The van der Waals surface area contributed by atoms with E-state index in [1.165, 1.54) is 6.07 Å². The van der Waals surface area contributed by atoms with Crippen molar-refractivity contribution in [2.75, 3.05) is 7.05 Å². The summed E-state index contributed by atoms with van der Waals surface area (Å²) in [5.41, 5.74) is 3.12. The van der Waals surface area contributed by atoms with Crippen molar-refractivity contribution < 1.29 is 4.39 Å². The first-order chi connectivity index (χ1) is 9.67. The highest BCUT2D eigenvalue weighted by Crippen LogP contribution is 2.23. The minimum atomic E-state index is -0.191. The first-order valence-corrected chi connectivity index (χ1v) is 7.39. The van der Waals surface area contributed by atoms with Crippen LogP contribution in [0.3, 0.4) is 0 Å². The van der Waals surface area contributed by atoms with Crippen LogP contribution in [0, 0.1) is 12.7 Å². The van der Waals surface area contributed by atoms with Gasteiger partial charge in [0.15, 0.2) is 4.96 Å². The van der Waals surface area contributed by atoms with Crippen molar-refractivity contribution in [3.8, 4) is 0 Å². The van der Waals surface area contributed by atoms with Gasteiger partial charge in [-0.3, -0.25) is 4.40 Å². The summed E-state index contributed by atoms with van der Waals surface area (Å²) in [5.74, 6) is -0.191. The number of imidazole rings is 1. The van der Waals surface area contributed by atoms with E-state index in [0.717, 1.165) is 28.2 Å². The average Bonchev–Trinajstić information content (AvgIpc) is 2.97. The van der Waals surface area contributed by atoms with E-state index in [-0.39, 0.29) is 11.9 Å². The molecule has 0 saturated carbocycles. The molecule has 0 amide bonds. The highest BCUT2D eigenvalue weighted by molar-refractivity contribution is 7.15. The molecule has 0 aliphatic rings. The van der Waals surface area contributed by atoms with Crippen molar-refractivity contribution in [2.45, 2.75) is 19.4 Å². The highest BCUT2D eigenvalue weighted by Gasteiger charge is 2.15. The molecule has 1 unspecified atom stereocenters. The fraction of sp³-hybridized carbons (Fsp3) is 0.267. The van der Waals surface area contributed by atoms with Crippen molar-refractivity contribution in [3.05, 3.63) is 58.6 Å². The lowest BCUT2D eigenvalue weighted by molar-refractivity contribution is 0.577. The molecule has 1 atom stereocenters. The summed E-state index contributed by atoms with van der Waals surface area (Å²) in [6.45, 7) is 1.94. The van der Waals surface area contributed by atoms with Gasteiger partial charge >= 0.3 is 0 Å². The minimum Gasteiger partial charge on any atom is -0.313 e. The van der Waals surface area contributed by atoms with E-state index in [2.05, 4.69) is 16.5 Å². The molecule has 1 aromatic carbocycles. The van der Waals surface area contributed by atoms with Crippen molar-refractivity contribution >= 4 is 16.3 Å². The summed E-state index contributed by atoms with van der Waals surface area (Å²) >= 11 is 1.63. The number of aryl methyl sites for hydroxylation is 1. The normalized spacial score (nSPS) is 12.9. The second-order valence-corrected chi connectivity index (χ2v) is 5.74. The van der Waals surface area contributed by atoms with Gasteiger partial charge in [-0.2, -0.15) is 0 Å². The Balaban J connectivity index is 1.88. The zero-order chi connectivity index (χ0) is 14.1. The topological polar surface area (TPSA) is 29.3 Å². The molecule has 0 saturated heterocycles. The third kappa shape index (κ3) is 2.46. The van der Waals surface area contributed by atoms with Gasteiger partial charge in [-0.15, -0.1) is 11.3 Å². The van der Waals surface area contributed by atoms with Crippen LogP contribution in [0.4, 0.5) is 4.39 Å². The van der Waals surface area contributed by atoms with Gasteiger partial charge < -0.3 is 5.32 Å². The van der Waals surface area contributed by atoms with Crippen LogP contribution in [0.1, 0.15) is 22.9 Å². The van der Waals surface area contributed by atoms with Gasteiger partial charge in [0.05, 0.1) is 5.69 Å². The molecule has 3 nitrogen and oxygen atoms in total. The smallest absolute Gasteiger partial charge is 0.193 e. The number of hydrogen-bond acceptors (Lipinski definition) is 3. The van der Waals surface area contributed by atoms with Gasteiger partial charge in [-0.05, 0) is 37.2 Å². The molecule has 2 heterocycles. The first-order valence-electron chi connectivity index (χ1n) is 6.52. The van der Waals surface area contributed by atoms with E-state index >= 15 is 0 Å². The third-order valence-corrected chi connectivity index (χ3v) is 4.28. The lowest BCUT2D eigenvalue weighted by Gasteiger charge is -2.17. The standard InChI is InChI=1S/C15H16FN3S/c1-10-7-11(16)3-4-13(10)14(17-2)8-12-9-19-5-6-20-15(19)18-12/h3-7,9,14,17H,8H2,1-2H3. The van der Waals surface area contributed by atoms with Crippen LogP contribution in [-0.2, 0) is 6.42 Å². The lowest BCUT2D eigenvalue weighted by Crippen LogP contribution is -2.20. The Labute approximate surface area is 121 Å². The summed E-state index contributed by atoms with van der Waals surface area (Å²) < 4.78 is 15.2. The summed E-state index contributed by atoms with van der Waals surface area (Å²) in [5, 5.41) is 5.31. The van der Waals surface area contributed by atoms with Crippen LogP contribution in [0.25, 0.3) is 4.96 Å². The quantitative estimate of drug-likeness (QED) is 0.798. The van der Waals surface area contributed by atoms with Crippen molar-refractivity contribution in [2.24, 2.45) is 0 Å². The van der Waals surface area contributed by atoms with Crippen LogP contribution in [0.5, 0.6) is 0 Å². The molecule has 0 aliphatic carbocycles. The predicted octanol–water partition coefficient (Wildman–Crippen LogP) is 3.35. The van der Waals surface area contributed by atoms with Crippen molar-refractivity contribution in [1.82, 2.24) is 14.7 Å². The predicted molar refractivity (Wildman–Crippen MR) is 79.7 cm³/mol. The zero-order valence-corrected chi connectivity index (χ0v) is 12.2. The van der Waals surface area contributed by atoms with Crippen LogP contribution in [0.15, 0.2) is 36.0 Å². The fourth-order valence-corrected chi connectivity index (χ4v) is 3.20. The van der Waals surface area contributed by atoms with Gasteiger partial charge in [0.1, 0.15) is 5.82 Å². The lowest BCUT2D eigenvalue weighted by atomic mass is 9.98. The Bertz CT molecular complexity index is 703. The molecule has 104 valence electrons. The zero-order valence-electron chi connectivity index (χ0n) is 11.4. The van der Waals surface area contributed by atoms with E-state index in [1.807, 2.05) is 36.0 Å². The Hall–Kier alpha value is -1.72. The number of nitrogens with zero attached hydrogens (tertiary/aromatic N) is 2. The average molecular weight is 289 g/mol. The fourth-order valence-electron chi connectivity index (χ4n) is 2.48. The molecule has 5 heteroatoms. The van der Waals surface area contributed by atoms with Crippen LogP contribution in [-0.4, -0.2) is 16.4 Å². The Morgan fingerprint density at radius 1 is 1.45 bits per heavy atom. The number of likely N-dealkylation sites (N-methyl/N-ethyl adjacent to an activating group) is 1. The number of aromatic nitrogens is 2. The molecule has 20 heavy (non-hydrogen) atoms. The Morgan fingerprint density at radius 2 is 2.30 bits per heavy atom. The number of rotatable bonds is 4. The number of thiazole rings is 1. The number of nitrogens with one attached hydrogen (secondary N) is 1. The Morgan fingerprint density at radius 3 is 3.00 bits per heavy atom. The molecule has 3 rings (SSSR count). The molecule has 2 aromatic heterocycles. The SMILES string of the molecule is CNC(Cc1cn2ccsc2n1)c1ccc(F)cc1C. The van der Waals surface area contributed by atoms with Crippen LogP contribution < -0.4 is 5.32 Å². The van der Waals surface area contributed by atoms with Crippen molar-refractivity contribution in [1.29, 1.82) is 0 Å². The Kier molecular flexibility index (Phi) is 3.54.